The average molecular weight is 429 g/mol. The SMILES string of the molecule is O=C1C=CC(=O)[C@H]2CC=C3[C@H]([C@@H]12)N(C(=O)Oc1ccccc1)[C@@H](c1ccccc1)C[C@@H]3O. The van der Waals surface area contributed by atoms with Gasteiger partial charge in [-0.2, -0.15) is 0 Å². The van der Waals surface area contributed by atoms with Crippen LogP contribution in [0.5, 0.6) is 5.75 Å². The Balaban J connectivity index is 1.61. The predicted octanol–water partition coefficient (Wildman–Crippen LogP) is 3.63. The van der Waals surface area contributed by atoms with Crippen molar-refractivity contribution in [3.63, 3.8) is 0 Å². The van der Waals surface area contributed by atoms with Gasteiger partial charge < -0.3 is 9.84 Å². The Hall–Kier alpha value is -3.51. The van der Waals surface area contributed by atoms with Crippen LogP contribution in [0.3, 0.4) is 0 Å². The Morgan fingerprint density at radius 3 is 2.31 bits per heavy atom. The summed E-state index contributed by atoms with van der Waals surface area (Å²) in [5.41, 5.74) is 1.45. The molecule has 1 saturated heterocycles. The Bertz CT molecular complexity index is 1110. The molecule has 5 rings (SSSR count). The van der Waals surface area contributed by atoms with E-state index in [-0.39, 0.29) is 18.0 Å². The van der Waals surface area contributed by atoms with Crippen molar-refractivity contribution in [3.05, 3.63) is 90.0 Å². The first-order valence-corrected chi connectivity index (χ1v) is 10.8. The number of piperidine rings is 1. The highest BCUT2D eigenvalue weighted by molar-refractivity contribution is 6.08. The number of rotatable bonds is 2. The monoisotopic (exact) mass is 429 g/mol. The lowest BCUT2D eigenvalue weighted by atomic mass is 9.65. The topological polar surface area (TPSA) is 83.9 Å². The van der Waals surface area contributed by atoms with Crippen LogP contribution in [-0.2, 0) is 9.59 Å². The van der Waals surface area contributed by atoms with Gasteiger partial charge >= 0.3 is 6.09 Å². The lowest BCUT2D eigenvalue weighted by Gasteiger charge is -2.50. The lowest BCUT2D eigenvalue weighted by Crippen LogP contribution is -2.59. The van der Waals surface area contributed by atoms with Gasteiger partial charge in [0.2, 0.25) is 0 Å². The molecule has 0 unspecified atom stereocenters. The van der Waals surface area contributed by atoms with Crippen LogP contribution >= 0.6 is 0 Å². The van der Waals surface area contributed by atoms with E-state index in [1.807, 2.05) is 42.5 Å². The van der Waals surface area contributed by atoms with Crippen LogP contribution in [0.15, 0.2) is 84.5 Å². The van der Waals surface area contributed by atoms with Crippen molar-refractivity contribution >= 4 is 17.7 Å². The summed E-state index contributed by atoms with van der Waals surface area (Å²) in [6.45, 7) is 0. The van der Waals surface area contributed by atoms with Crippen molar-refractivity contribution in [1.29, 1.82) is 0 Å². The summed E-state index contributed by atoms with van der Waals surface area (Å²) in [6, 6.07) is 16.9. The fourth-order valence-corrected chi connectivity index (χ4v) is 5.18. The number of hydrogen-bond donors (Lipinski definition) is 1. The van der Waals surface area contributed by atoms with Gasteiger partial charge in [0.15, 0.2) is 11.6 Å². The normalized spacial score (nSPS) is 29.1. The van der Waals surface area contributed by atoms with Crippen molar-refractivity contribution in [2.24, 2.45) is 11.8 Å². The molecular formula is C26H23NO5. The number of amides is 1. The largest absolute Gasteiger partial charge is 0.416 e. The molecule has 1 aliphatic heterocycles. The number of hydrogen-bond acceptors (Lipinski definition) is 5. The van der Waals surface area contributed by atoms with Crippen LogP contribution in [0.25, 0.3) is 0 Å². The van der Waals surface area contributed by atoms with Crippen molar-refractivity contribution in [1.82, 2.24) is 4.90 Å². The number of likely N-dealkylation sites (tertiary alicyclic amines) is 1. The summed E-state index contributed by atoms with van der Waals surface area (Å²) in [6.07, 6.45) is 3.68. The van der Waals surface area contributed by atoms with E-state index in [1.54, 1.807) is 29.2 Å². The van der Waals surface area contributed by atoms with Crippen LogP contribution in [-0.4, -0.2) is 39.8 Å². The first-order chi connectivity index (χ1) is 15.5. The third-order valence-corrected chi connectivity index (χ3v) is 6.64. The van der Waals surface area contributed by atoms with Gasteiger partial charge in [-0.3, -0.25) is 14.5 Å². The zero-order valence-electron chi connectivity index (χ0n) is 17.3. The molecule has 2 aromatic carbocycles. The molecule has 0 radical (unpaired) electrons. The number of ketones is 2. The smallest absolute Gasteiger partial charge is 0.410 e. The fraction of sp³-hybridized carbons (Fsp3) is 0.269. The predicted molar refractivity (Wildman–Crippen MR) is 117 cm³/mol. The molecule has 6 heteroatoms. The summed E-state index contributed by atoms with van der Waals surface area (Å²) in [7, 11) is 0. The summed E-state index contributed by atoms with van der Waals surface area (Å²) in [5, 5.41) is 11.0. The van der Waals surface area contributed by atoms with Gasteiger partial charge in [-0.15, -0.1) is 0 Å². The van der Waals surface area contributed by atoms with Crippen LogP contribution in [0.4, 0.5) is 4.79 Å². The van der Waals surface area contributed by atoms with E-state index in [9.17, 15) is 19.5 Å². The molecule has 0 aromatic heterocycles. The Kier molecular flexibility index (Phi) is 5.23. The standard InChI is InChI=1S/C26H23NO5/c28-21-13-14-22(29)24-18(21)11-12-19-23(30)15-20(16-7-3-1-4-8-16)27(25(19)24)26(31)32-17-9-5-2-6-10-17/h1-10,12-14,18,20,23-25,30H,11,15H2/t18-,20-,23+,24-,25-/m1/s1. The van der Waals surface area contributed by atoms with Crippen molar-refractivity contribution < 1.29 is 24.2 Å². The summed E-state index contributed by atoms with van der Waals surface area (Å²) in [4.78, 5) is 40.7. The molecule has 2 aliphatic carbocycles. The van der Waals surface area contributed by atoms with Gasteiger partial charge in [0.25, 0.3) is 0 Å². The zero-order chi connectivity index (χ0) is 22.2. The summed E-state index contributed by atoms with van der Waals surface area (Å²) >= 11 is 0. The van der Waals surface area contributed by atoms with Crippen LogP contribution < -0.4 is 4.74 Å². The second-order valence-corrected chi connectivity index (χ2v) is 8.42. The molecule has 1 fully saturated rings. The Labute approximate surface area is 185 Å². The third-order valence-electron chi connectivity index (χ3n) is 6.64. The highest BCUT2D eigenvalue weighted by atomic mass is 16.6. The average Bonchev–Trinajstić information content (AvgIpc) is 2.82. The Morgan fingerprint density at radius 2 is 1.59 bits per heavy atom. The molecular weight excluding hydrogens is 406 g/mol. The van der Waals surface area contributed by atoms with E-state index >= 15 is 0 Å². The van der Waals surface area contributed by atoms with Gasteiger partial charge in [0.1, 0.15) is 5.75 Å². The van der Waals surface area contributed by atoms with Gasteiger partial charge in [-0.1, -0.05) is 54.6 Å². The zero-order valence-corrected chi connectivity index (χ0v) is 17.3. The molecule has 2 aromatic rings. The molecule has 0 bridgehead atoms. The highest BCUT2D eigenvalue weighted by Gasteiger charge is 2.53. The number of fused-ring (bicyclic) bond motifs is 3. The molecule has 32 heavy (non-hydrogen) atoms. The minimum Gasteiger partial charge on any atom is -0.410 e. The van der Waals surface area contributed by atoms with Crippen LogP contribution in [0, 0.1) is 11.8 Å². The molecule has 1 amide bonds. The number of nitrogens with zero attached hydrogens (tertiary/aromatic N) is 1. The maximum atomic E-state index is 13.6. The number of ether oxygens (including phenoxy) is 1. The van der Waals surface area contributed by atoms with Crippen molar-refractivity contribution in [2.45, 2.75) is 31.0 Å². The van der Waals surface area contributed by atoms with E-state index in [1.165, 1.54) is 12.2 Å². The quantitative estimate of drug-likeness (QED) is 0.737. The third kappa shape index (κ3) is 3.46. The summed E-state index contributed by atoms with van der Waals surface area (Å²) < 4.78 is 5.70. The molecule has 3 aliphatic rings. The molecule has 0 spiro atoms. The molecule has 5 atom stereocenters. The molecule has 1 heterocycles. The van der Waals surface area contributed by atoms with Gasteiger partial charge in [-0.25, -0.2) is 4.79 Å². The number of benzene rings is 2. The summed E-state index contributed by atoms with van der Waals surface area (Å²) in [5.74, 6) is -1.23. The number of aliphatic hydroxyl groups is 1. The fourth-order valence-electron chi connectivity index (χ4n) is 5.18. The van der Waals surface area contributed by atoms with E-state index in [2.05, 4.69) is 0 Å². The minimum absolute atomic E-state index is 0.127. The van der Waals surface area contributed by atoms with Gasteiger partial charge in [-0.05, 0) is 41.8 Å². The first-order valence-electron chi connectivity index (χ1n) is 10.8. The van der Waals surface area contributed by atoms with Gasteiger partial charge in [0, 0.05) is 12.3 Å². The Morgan fingerprint density at radius 1 is 0.938 bits per heavy atom. The van der Waals surface area contributed by atoms with E-state index in [0.29, 0.717) is 17.7 Å². The van der Waals surface area contributed by atoms with E-state index < -0.39 is 36.1 Å². The molecule has 0 saturated carbocycles. The molecule has 162 valence electrons. The maximum Gasteiger partial charge on any atom is 0.416 e. The van der Waals surface area contributed by atoms with Crippen LogP contribution in [0.2, 0.25) is 0 Å². The number of para-hydroxylation sites is 1. The second kappa shape index (κ2) is 8.20. The minimum atomic E-state index is -0.819. The number of aliphatic hydroxyl groups excluding tert-OH is 1. The van der Waals surface area contributed by atoms with Crippen molar-refractivity contribution in [2.75, 3.05) is 0 Å². The lowest BCUT2D eigenvalue weighted by molar-refractivity contribution is -0.132. The number of carbonyl (C=O) groups excluding carboxylic acids is 3. The van der Waals surface area contributed by atoms with Crippen molar-refractivity contribution in [3.8, 4) is 5.75 Å². The first kappa shape index (κ1) is 20.4. The number of carbonyl (C=O) groups is 3. The van der Waals surface area contributed by atoms with E-state index in [0.717, 1.165) is 5.56 Å². The van der Waals surface area contributed by atoms with E-state index in [4.69, 9.17) is 4.74 Å². The highest BCUT2D eigenvalue weighted by Crippen LogP contribution is 2.47. The molecule has 1 N–H and O–H groups in total. The number of allylic oxidation sites excluding steroid dienone is 3. The molecule has 6 nitrogen and oxygen atoms in total. The second-order valence-electron chi connectivity index (χ2n) is 8.42. The van der Waals surface area contributed by atoms with Crippen LogP contribution in [0.1, 0.15) is 24.4 Å². The maximum absolute atomic E-state index is 13.6. The van der Waals surface area contributed by atoms with Gasteiger partial charge in [0.05, 0.1) is 24.1 Å².